The van der Waals surface area contributed by atoms with Crippen molar-refractivity contribution in [2.45, 2.75) is 32.1 Å². The highest BCUT2D eigenvalue weighted by Gasteiger charge is 2.41. The van der Waals surface area contributed by atoms with Crippen LogP contribution in [0.15, 0.2) is 42.7 Å². The van der Waals surface area contributed by atoms with Crippen LogP contribution in [0, 0.1) is 0 Å². The van der Waals surface area contributed by atoms with Crippen LogP contribution in [0.1, 0.15) is 35.8 Å². The van der Waals surface area contributed by atoms with E-state index in [-0.39, 0.29) is 5.91 Å². The summed E-state index contributed by atoms with van der Waals surface area (Å²) in [4.78, 5) is 25.6. The van der Waals surface area contributed by atoms with Crippen LogP contribution in [0.3, 0.4) is 0 Å². The number of likely N-dealkylation sites (tertiary alicyclic amines) is 1. The fourth-order valence-corrected chi connectivity index (χ4v) is 3.75. The molecule has 1 amide bonds. The Morgan fingerprint density at radius 1 is 1.11 bits per heavy atom. The number of hydrogen-bond donors (Lipinski definition) is 0. The lowest BCUT2D eigenvalue weighted by molar-refractivity contribution is -0.181. The zero-order valence-electron chi connectivity index (χ0n) is 16.2. The predicted molar refractivity (Wildman–Crippen MR) is 105 cm³/mol. The fourth-order valence-electron chi connectivity index (χ4n) is 3.75. The maximum Gasteiger partial charge on any atom is 0.274 e. The van der Waals surface area contributed by atoms with Gasteiger partial charge in [-0.15, -0.1) is 0 Å². The number of amides is 1. The smallest absolute Gasteiger partial charge is 0.274 e. The van der Waals surface area contributed by atoms with Crippen LogP contribution in [0.25, 0.3) is 0 Å². The lowest BCUT2D eigenvalue weighted by atomic mass is 10.0. The molecular formula is C21H26N4O3. The average molecular weight is 382 g/mol. The SMILES string of the molecule is CCN(Cc1ccccc1)c1cnc(C(=O)N2CCC3(CC2)OCCO3)cn1. The third-order valence-electron chi connectivity index (χ3n) is 5.41. The topological polar surface area (TPSA) is 67.8 Å². The van der Waals surface area contributed by atoms with Crippen molar-refractivity contribution in [1.29, 1.82) is 0 Å². The second-order valence-corrected chi connectivity index (χ2v) is 7.16. The van der Waals surface area contributed by atoms with E-state index in [4.69, 9.17) is 9.47 Å². The standard InChI is InChI=1S/C21H26N4O3/c1-2-24(16-17-6-4-3-5-7-17)19-15-22-18(14-23-19)20(26)25-10-8-21(9-11-25)27-12-13-28-21/h3-7,14-15H,2,8-13,16H2,1H3. The van der Waals surface area contributed by atoms with Gasteiger partial charge in [-0.05, 0) is 12.5 Å². The van der Waals surface area contributed by atoms with Crippen molar-refractivity contribution in [2.75, 3.05) is 37.7 Å². The van der Waals surface area contributed by atoms with E-state index in [0.29, 0.717) is 44.8 Å². The molecule has 28 heavy (non-hydrogen) atoms. The Bertz CT molecular complexity index is 781. The molecule has 1 aromatic heterocycles. The summed E-state index contributed by atoms with van der Waals surface area (Å²) in [6.07, 6.45) is 4.67. The van der Waals surface area contributed by atoms with Gasteiger partial charge in [-0.25, -0.2) is 9.97 Å². The first-order chi connectivity index (χ1) is 13.7. The molecule has 0 radical (unpaired) electrons. The molecule has 0 saturated carbocycles. The summed E-state index contributed by atoms with van der Waals surface area (Å²) in [5, 5.41) is 0. The highest BCUT2D eigenvalue weighted by atomic mass is 16.7. The zero-order valence-corrected chi connectivity index (χ0v) is 16.2. The molecule has 3 heterocycles. The average Bonchev–Trinajstić information content (AvgIpc) is 3.21. The van der Waals surface area contributed by atoms with E-state index in [2.05, 4.69) is 33.9 Å². The number of carbonyl (C=O) groups is 1. The third-order valence-corrected chi connectivity index (χ3v) is 5.41. The summed E-state index contributed by atoms with van der Waals surface area (Å²) in [5.41, 5.74) is 1.59. The molecule has 4 rings (SSSR count). The van der Waals surface area contributed by atoms with E-state index in [1.165, 1.54) is 5.56 Å². The van der Waals surface area contributed by atoms with Crippen molar-refractivity contribution >= 4 is 11.7 Å². The van der Waals surface area contributed by atoms with E-state index < -0.39 is 5.79 Å². The van der Waals surface area contributed by atoms with Gasteiger partial charge in [-0.1, -0.05) is 30.3 Å². The molecule has 2 aliphatic heterocycles. The molecule has 0 N–H and O–H groups in total. The van der Waals surface area contributed by atoms with E-state index >= 15 is 0 Å². The van der Waals surface area contributed by atoms with Gasteiger partial charge >= 0.3 is 0 Å². The Kier molecular flexibility index (Phi) is 5.54. The summed E-state index contributed by atoms with van der Waals surface area (Å²) < 4.78 is 11.4. The number of nitrogens with zero attached hydrogens (tertiary/aromatic N) is 4. The van der Waals surface area contributed by atoms with Gasteiger partial charge in [0, 0.05) is 39.0 Å². The van der Waals surface area contributed by atoms with Crippen LogP contribution in [0.5, 0.6) is 0 Å². The number of rotatable bonds is 5. The molecule has 0 aliphatic carbocycles. The normalized spacial score (nSPS) is 18.4. The van der Waals surface area contributed by atoms with Crippen LogP contribution in [0.4, 0.5) is 5.82 Å². The van der Waals surface area contributed by atoms with Crippen LogP contribution in [0.2, 0.25) is 0 Å². The minimum atomic E-state index is -0.481. The van der Waals surface area contributed by atoms with Gasteiger partial charge in [0.05, 0.1) is 25.6 Å². The number of carbonyl (C=O) groups excluding carboxylic acids is 1. The van der Waals surface area contributed by atoms with Crippen LogP contribution in [-0.4, -0.2) is 59.4 Å². The molecule has 7 heteroatoms. The highest BCUT2D eigenvalue weighted by molar-refractivity contribution is 5.92. The Morgan fingerprint density at radius 2 is 1.82 bits per heavy atom. The monoisotopic (exact) mass is 382 g/mol. The minimum Gasteiger partial charge on any atom is -0.351 e. The molecule has 148 valence electrons. The summed E-state index contributed by atoms with van der Waals surface area (Å²) in [6, 6.07) is 10.2. The van der Waals surface area contributed by atoms with Gasteiger partial charge in [0.1, 0.15) is 11.5 Å². The molecule has 2 fully saturated rings. The Hall–Kier alpha value is -2.51. The molecule has 1 spiro atoms. The molecule has 1 aromatic carbocycles. The largest absolute Gasteiger partial charge is 0.351 e. The van der Waals surface area contributed by atoms with E-state index in [0.717, 1.165) is 18.9 Å². The number of aromatic nitrogens is 2. The molecule has 2 aliphatic rings. The first-order valence-corrected chi connectivity index (χ1v) is 9.87. The predicted octanol–water partition coefficient (Wildman–Crippen LogP) is 2.48. The lowest BCUT2D eigenvalue weighted by Crippen LogP contribution is -2.47. The van der Waals surface area contributed by atoms with Crippen LogP contribution >= 0.6 is 0 Å². The number of ether oxygens (including phenoxy) is 2. The van der Waals surface area contributed by atoms with Crippen molar-refractivity contribution in [3.8, 4) is 0 Å². The molecule has 0 bridgehead atoms. The van der Waals surface area contributed by atoms with Crippen molar-refractivity contribution in [3.05, 3.63) is 54.0 Å². The second kappa shape index (κ2) is 8.24. The van der Waals surface area contributed by atoms with Gasteiger partial charge in [0.15, 0.2) is 5.79 Å². The minimum absolute atomic E-state index is 0.0852. The number of piperidine rings is 1. The number of anilines is 1. The molecule has 0 unspecified atom stereocenters. The maximum atomic E-state index is 12.8. The molecule has 2 saturated heterocycles. The van der Waals surface area contributed by atoms with Crippen molar-refractivity contribution in [3.63, 3.8) is 0 Å². The lowest BCUT2D eigenvalue weighted by Gasteiger charge is -2.37. The van der Waals surface area contributed by atoms with Crippen molar-refractivity contribution in [2.24, 2.45) is 0 Å². The highest BCUT2D eigenvalue weighted by Crippen LogP contribution is 2.31. The number of hydrogen-bond acceptors (Lipinski definition) is 6. The summed E-state index contributed by atoms with van der Waals surface area (Å²) in [5.74, 6) is 0.206. The third kappa shape index (κ3) is 4.00. The zero-order chi connectivity index (χ0) is 19.4. The van der Waals surface area contributed by atoms with Gasteiger partial charge in [0.25, 0.3) is 5.91 Å². The fraction of sp³-hybridized carbons (Fsp3) is 0.476. The molecule has 2 aromatic rings. The first-order valence-electron chi connectivity index (χ1n) is 9.87. The Labute approximate surface area is 165 Å². The van der Waals surface area contributed by atoms with Gasteiger partial charge in [-0.2, -0.15) is 0 Å². The summed E-state index contributed by atoms with van der Waals surface area (Å²) in [7, 11) is 0. The van der Waals surface area contributed by atoms with Gasteiger partial charge in [0.2, 0.25) is 0 Å². The van der Waals surface area contributed by atoms with Crippen LogP contribution in [-0.2, 0) is 16.0 Å². The first kappa shape index (κ1) is 18.8. The Balaban J connectivity index is 1.39. The van der Waals surface area contributed by atoms with Crippen LogP contribution < -0.4 is 4.90 Å². The second-order valence-electron chi connectivity index (χ2n) is 7.16. The molecule has 7 nitrogen and oxygen atoms in total. The summed E-state index contributed by atoms with van der Waals surface area (Å²) >= 11 is 0. The Morgan fingerprint density at radius 3 is 2.43 bits per heavy atom. The summed E-state index contributed by atoms with van der Waals surface area (Å²) in [6.45, 7) is 6.14. The molecular weight excluding hydrogens is 356 g/mol. The maximum absolute atomic E-state index is 12.8. The van der Waals surface area contributed by atoms with Gasteiger partial charge in [-0.3, -0.25) is 4.79 Å². The van der Waals surface area contributed by atoms with E-state index in [9.17, 15) is 4.79 Å². The number of benzene rings is 1. The molecule has 0 atom stereocenters. The van der Waals surface area contributed by atoms with Crippen molar-refractivity contribution in [1.82, 2.24) is 14.9 Å². The van der Waals surface area contributed by atoms with E-state index in [1.807, 2.05) is 23.1 Å². The van der Waals surface area contributed by atoms with E-state index in [1.54, 1.807) is 12.4 Å². The van der Waals surface area contributed by atoms with Gasteiger partial charge < -0.3 is 19.3 Å². The van der Waals surface area contributed by atoms with Crippen molar-refractivity contribution < 1.29 is 14.3 Å². The quantitative estimate of drug-likeness (QED) is 0.791.